The molecule has 0 spiro atoms. The molecule has 6 heteroatoms. The highest BCUT2D eigenvalue weighted by Crippen LogP contribution is 2.31. The Morgan fingerprint density at radius 3 is 2.80 bits per heavy atom. The quantitative estimate of drug-likeness (QED) is 0.754. The number of anilines is 1. The van der Waals surface area contributed by atoms with Gasteiger partial charge < -0.3 is 14.5 Å². The molecule has 4 rings (SSSR count). The minimum Gasteiger partial charge on any atom is -0.489 e. The van der Waals surface area contributed by atoms with Crippen LogP contribution in [0.25, 0.3) is 10.9 Å². The van der Waals surface area contributed by atoms with Crippen LogP contribution in [0.3, 0.4) is 0 Å². The summed E-state index contributed by atoms with van der Waals surface area (Å²) in [7, 11) is 0. The zero-order chi connectivity index (χ0) is 17.2. The summed E-state index contributed by atoms with van der Waals surface area (Å²) >= 11 is 0. The average molecular weight is 336 g/mol. The van der Waals surface area contributed by atoms with E-state index in [-0.39, 0.29) is 5.56 Å². The zero-order valence-corrected chi connectivity index (χ0v) is 13.3. The van der Waals surface area contributed by atoms with Crippen molar-refractivity contribution in [3.63, 3.8) is 0 Å². The standard InChI is InChI=1S/C19H16N2O4/c22-18-9-6-14-15-10-13(11-24-17(15)8-7-16(14)21-18)25-19(23)20-12-4-2-1-3-5-12/h1-9,13H,10-11H2,(H,20,23)(H,21,22). The molecule has 126 valence electrons. The number of para-hydroxylation sites is 1. The number of carbonyl (C=O) groups is 1. The molecule has 25 heavy (non-hydrogen) atoms. The Labute approximate surface area is 143 Å². The molecule has 2 heterocycles. The number of aromatic nitrogens is 1. The fraction of sp³-hybridized carbons (Fsp3) is 0.158. The summed E-state index contributed by atoms with van der Waals surface area (Å²) in [6.07, 6.45) is -0.383. The molecule has 1 aliphatic rings. The molecule has 0 aliphatic carbocycles. The minimum absolute atomic E-state index is 0.154. The lowest BCUT2D eigenvalue weighted by Gasteiger charge is -2.26. The third-order valence-corrected chi connectivity index (χ3v) is 4.12. The number of carbonyl (C=O) groups excluding carboxylic acids is 1. The van der Waals surface area contributed by atoms with Crippen LogP contribution in [-0.4, -0.2) is 23.8 Å². The Kier molecular flexibility index (Phi) is 3.85. The van der Waals surface area contributed by atoms with E-state index < -0.39 is 12.2 Å². The lowest BCUT2D eigenvalue weighted by molar-refractivity contribution is 0.0650. The molecule has 3 aromatic rings. The fourth-order valence-corrected chi connectivity index (χ4v) is 2.99. The second-order valence-corrected chi connectivity index (χ2v) is 5.86. The van der Waals surface area contributed by atoms with Crippen molar-refractivity contribution in [1.82, 2.24) is 4.98 Å². The molecule has 1 atom stereocenters. The van der Waals surface area contributed by atoms with Gasteiger partial charge in [0.2, 0.25) is 5.56 Å². The van der Waals surface area contributed by atoms with Crippen molar-refractivity contribution in [2.45, 2.75) is 12.5 Å². The highest BCUT2D eigenvalue weighted by atomic mass is 16.6. The number of benzene rings is 2. The van der Waals surface area contributed by atoms with E-state index in [0.29, 0.717) is 18.7 Å². The van der Waals surface area contributed by atoms with Gasteiger partial charge in [0.05, 0.1) is 0 Å². The monoisotopic (exact) mass is 336 g/mol. The van der Waals surface area contributed by atoms with Crippen LogP contribution >= 0.6 is 0 Å². The predicted molar refractivity (Wildman–Crippen MR) is 94.1 cm³/mol. The van der Waals surface area contributed by atoms with Crippen LogP contribution in [0.4, 0.5) is 10.5 Å². The van der Waals surface area contributed by atoms with Crippen molar-refractivity contribution in [1.29, 1.82) is 0 Å². The molecule has 2 aromatic carbocycles. The Hall–Kier alpha value is -3.28. The number of hydrogen-bond donors (Lipinski definition) is 2. The van der Waals surface area contributed by atoms with Crippen LogP contribution in [0, 0.1) is 0 Å². The van der Waals surface area contributed by atoms with E-state index >= 15 is 0 Å². The molecule has 0 radical (unpaired) electrons. The predicted octanol–water partition coefficient (Wildman–Crippen LogP) is 3.08. The number of aromatic amines is 1. The first-order chi connectivity index (χ1) is 12.2. The molecule has 1 unspecified atom stereocenters. The second kappa shape index (κ2) is 6.32. The molecule has 0 saturated carbocycles. The fourth-order valence-electron chi connectivity index (χ4n) is 2.99. The molecular weight excluding hydrogens is 320 g/mol. The number of nitrogens with one attached hydrogen (secondary N) is 2. The van der Waals surface area contributed by atoms with E-state index in [2.05, 4.69) is 10.3 Å². The Bertz CT molecular complexity index is 982. The van der Waals surface area contributed by atoms with Gasteiger partial charge in [-0.25, -0.2) is 4.79 Å². The van der Waals surface area contributed by atoms with E-state index in [1.54, 1.807) is 18.2 Å². The third-order valence-electron chi connectivity index (χ3n) is 4.12. The SMILES string of the molecule is O=C(Nc1ccccc1)OC1COc2ccc3[nH]c(=O)ccc3c2C1. The van der Waals surface area contributed by atoms with E-state index in [9.17, 15) is 9.59 Å². The smallest absolute Gasteiger partial charge is 0.412 e. The molecular formula is C19H16N2O4. The van der Waals surface area contributed by atoms with Gasteiger partial charge in [-0.15, -0.1) is 0 Å². The summed E-state index contributed by atoms with van der Waals surface area (Å²) in [6, 6.07) is 16.0. The molecule has 1 aliphatic heterocycles. The van der Waals surface area contributed by atoms with Gasteiger partial charge >= 0.3 is 6.09 Å². The number of H-pyrrole nitrogens is 1. The van der Waals surface area contributed by atoms with Gasteiger partial charge in [0, 0.05) is 34.6 Å². The van der Waals surface area contributed by atoms with E-state index in [1.807, 2.05) is 30.3 Å². The average Bonchev–Trinajstić information content (AvgIpc) is 2.62. The number of amides is 1. The number of rotatable bonds is 2. The van der Waals surface area contributed by atoms with Gasteiger partial charge in [-0.1, -0.05) is 18.2 Å². The molecule has 2 N–H and O–H groups in total. The first-order valence-electron chi connectivity index (χ1n) is 7.99. The van der Waals surface area contributed by atoms with E-state index in [4.69, 9.17) is 9.47 Å². The highest BCUT2D eigenvalue weighted by Gasteiger charge is 2.25. The molecule has 6 nitrogen and oxygen atoms in total. The van der Waals surface area contributed by atoms with Crippen LogP contribution in [0.15, 0.2) is 59.4 Å². The molecule has 0 fully saturated rings. The number of hydrogen-bond acceptors (Lipinski definition) is 4. The summed E-state index contributed by atoms with van der Waals surface area (Å²) in [5, 5.41) is 3.59. The maximum Gasteiger partial charge on any atom is 0.412 e. The third kappa shape index (κ3) is 3.19. The molecule has 0 bridgehead atoms. The lowest BCUT2D eigenvalue weighted by atomic mass is 9.99. The Morgan fingerprint density at radius 2 is 1.96 bits per heavy atom. The number of pyridine rings is 1. The van der Waals surface area contributed by atoms with Crippen molar-refractivity contribution in [3.05, 3.63) is 70.5 Å². The molecule has 0 saturated heterocycles. The summed E-state index contributed by atoms with van der Waals surface area (Å²) in [4.78, 5) is 26.3. The first-order valence-corrected chi connectivity index (χ1v) is 7.99. The van der Waals surface area contributed by atoms with Crippen molar-refractivity contribution in [3.8, 4) is 5.75 Å². The number of fused-ring (bicyclic) bond motifs is 3. The molecule has 1 amide bonds. The van der Waals surface area contributed by atoms with Crippen LogP contribution in [0.2, 0.25) is 0 Å². The van der Waals surface area contributed by atoms with Crippen molar-refractivity contribution in [2.75, 3.05) is 11.9 Å². The van der Waals surface area contributed by atoms with Gasteiger partial charge in [-0.3, -0.25) is 10.1 Å². The van der Waals surface area contributed by atoms with E-state index in [0.717, 1.165) is 22.2 Å². The maximum absolute atomic E-state index is 12.1. The number of ether oxygens (including phenoxy) is 2. The zero-order valence-electron chi connectivity index (χ0n) is 13.3. The Morgan fingerprint density at radius 1 is 1.12 bits per heavy atom. The largest absolute Gasteiger partial charge is 0.489 e. The Balaban J connectivity index is 1.52. The van der Waals surface area contributed by atoms with Crippen molar-refractivity contribution in [2.24, 2.45) is 0 Å². The van der Waals surface area contributed by atoms with Crippen LogP contribution in [0.5, 0.6) is 5.75 Å². The maximum atomic E-state index is 12.1. The summed E-state index contributed by atoms with van der Waals surface area (Å²) < 4.78 is 11.2. The van der Waals surface area contributed by atoms with Crippen LogP contribution in [0.1, 0.15) is 5.56 Å². The summed E-state index contributed by atoms with van der Waals surface area (Å²) in [6.45, 7) is 0.296. The van der Waals surface area contributed by atoms with Crippen LogP contribution in [-0.2, 0) is 11.2 Å². The van der Waals surface area contributed by atoms with Gasteiger partial charge in [0.25, 0.3) is 0 Å². The molecule has 1 aromatic heterocycles. The van der Waals surface area contributed by atoms with Gasteiger partial charge in [-0.05, 0) is 30.3 Å². The topological polar surface area (TPSA) is 80.4 Å². The lowest BCUT2D eigenvalue weighted by Crippen LogP contribution is -2.32. The minimum atomic E-state index is -0.517. The van der Waals surface area contributed by atoms with E-state index in [1.165, 1.54) is 6.07 Å². The van der Waals surface area contributed by atoms with Crippen molar-refractivity contribution >= 4 is 22.7 Å². The van der Waals surface area contributed by atoms with Gasteiger partial charge in [0.1, 0.15) is 18.5 Å². The summed E-state index contributed by atoms with van der Waals surface area (Å²) in [5.74, 6) is 0.753. The second-order valence-electron chi connectivity index (χ2n) is 5.86. The van der Waals surface area contributed by atoms with Gasteiger partial charge in [-0.2, -0.15) is 0 Å². The highest BCUT2D eigenvalue weighted by molar-refractivity contribution is 5.86. The van der Waals surface area contributed by atoms with Crippen LogP contribution < -0.4 is 15.6 Å². The normalized spacial score (nSPS) is 15.9. The van der Waals surface area contributed by atoms with Crippen molar-refractivity contribution < 1.29 is 14.3 Å². The summed E-state index contributed by atoms with van der Waals surface area (Å²) in [5.41, 5.74) is 2.19. The van der Waals surface area contributed by atoms with Gasteiger partial charge in [0.15, 0.2) is 0 Å². The first kappa shape index (κ1) is 15.3.